The van der Waals surface area contributed by atoms with Crippen molar-refractivity contribution in [1.82, 2.24) is 0 Å². The van der Waals surface area contributed by atoms with Crippen LogP contribution in [0.3, 0.4) is 0 Å². The first-order valence-corrected chi connectivity index (χ1v) is 5.42. The van der Waals surface area contributed by atoms with E-state index in [1.165, 1.54) is 36.7 Å². The van der Waals surface area contributed by atoms with Gasteiger partial charge in [-0.1, -0.05) is 13.8 Å². The van der Waals surface area contributed by atoms with Crippen LogP contribution in [0.5, 0.6) is 0 Å². The average Bonchev–Trinajstić information content (AvgIpc) is 2.02. The number of piperidine rings is 1. The van der Waals surface area contributed by atoms with Crippen LogP contribution < -0.4 is 0 Å². The van der Waals surface area contributed by atoms with Crippen LogP contribution in [0.25, 0.3) is 0 Å². The van der Waals surface area contributed by atoms with Gasteiger partial charge in [0.1, 0.15) is 0 Å². The van der Waals surface area contributed by atoms with Gasteiger partial charge in [-0.15, -0.1) is 0 Å². The fourth-order valence-electron chi connectivity index (χ4n) is 2.71. The van der Waals surface area contributed by atoms with Gasteiger partial charge in [0.15, 0.2) is 0 Å². The molecule has 0 spiro atoms. The lowest BCUT2D eigenvalue weighted by Gasteiger charge is -2.44. The second kappa shape index (κ2) is 3.78. The zero-order chi connectivity index (χ0) is 9.19. The van der Waals surface area contributed by atoms with Gasteiger partial charge in [-0.05, 0) is 25.7 Å². The Hall–Kier alpha value is -0.0400. The molecule has 0 bridgehead atoms. The Kier molecular flexibility index (Phi) is 3.16. The Morgan fingerprint density at radius 1 is 1.08 bits per heavy atom. The van der Waals surface area contributed by atoms with Gasteiger partial charge in [0.05, 0.1) is 26.7 Å². The van der Waals surface area contributed by atoms with Crippen LogP contribution in [-0.2, 0) is 0 Å². The van der Waals surface area contributed by atoms with Crippen molar-refractivity contribution in [3.8, 4) is 0 Å². The first-order valence-electron chi connectivity index (χ1n) is 5.42. The van der Waals surface area contributed by atoms with Crippen molar-refractivity contribution in [3.05, 3.63) is 0 Å². The predicted molar refractivity (Wildman–Crippen MR) is 54.1 cm³/mol. The molecule has 1 heterocycles. The summed E-state index contributed by atoms with van der Waals surface area (Å²) < 4.78 is 1.26. The third kappa shape index (κ3) is 2.01. The van der Waals surface area contributed by atoms with Gasteiger partial charge in [-0.3, -0.25) is 0 Å². The molecule has 0 aromatic rings. The maximum absolute atomic E-state index is 2.40. The first kappa shape index (κ1) is 10.0. The molecule has 0 aromatic heterocycles. The van der Waals surface area contributed by atoms with E-state index < -0.39 is 0 Å². The van der Waals surface area contributed by atoms with Crippen molar-refractivity contribution in [2.45, 2.75) is 45.6 Å². The van der Waals surface area contributed by atoms with E-state index in [0.717, 1.165) is 12.0 Å². The van der Waals surface area contributed by atoms with E-state index in [1.807, 2.05) is 0 Å². The lowest BCUT2D eigenvalue weighted by molar-refractivity contribution is -0.923. The van der Waals surface area contributed by atoms with Gasteiger partial charge < -0.3 is 4.48 Å². The molecule has 0 radical (unpaired) electrons. The summed E-state index contributed by atoms with van der Waals surface area (Å²) in [5, 5.41) is 0. The lowest BCUT2D eigenvalue weighted by Crippen LogP contribution is -2.54. The molecular weight excluding hydrogens is 146 g/mol. The lowest BCUT2D eigenvalue weighted by atomic mass is 9.88. The minimum atomic E-state index is 0.924. The zero-order valence-corrected chi connectivity index (χ0v) is 9.14. The number of nitrogens with zero attached hydrogens (tertiary/aromatic N) is 1. The largest absolute Gasteiger partial charge is 0.326 e. The van der Waals surface area contributed by atoms with Crippen LogP contribution in [0.2, 0.25) is 0 Å². The molecule has 72 valence electrons. The summed E-state index contributed by atoms with van der Waals surface area (Å²) in [4.78, 5) is 0. The maximum atomic E-state index is 2.40. The quantitative estimate of drug-likeness (QED) is 0.559. The summed E-state index contributed by atoms with van der Waals surface area (Å²) in [6.07, 6.45) is 5.64. The second-order valence-corrected chi connectivity index (χ2v) is 4.87. The Labute approximate surface area is 77.4 Å². The van der Waals surface area contributed by atoms with E-state index in [1.54, 1.807) is 0 Å². The Bertz CT molecular complexity index is 140. The van der Waals surface area contributed by atoms with Crippen LogP contribution in [0.4, 0.5) is 0 Å². The van der Waals surface area contributed by atoms with E-state index in [0.29, 0.717) is 0 Å². The number of rotatable bonds is 2. The highest BCUT2D eigenvalue weighted by molar-refractivity contribution is 4.69. The molecule has 0 amide bonds. The standard InChI is InChI=1S/C11H24N/c1-5-10-7-8-11(6-2)12(3,4)9-10/h10-11H,5-9H2,1-4H3/q+1. The molecule has 2 unspecified atom stereocenters. The molecule has 12 heavy (non-hydrogen) atoms. The summed E-state index contributed by atoms with van der Waals surface area (Å²) in [6.45, 7) is 6.06. The Morgan fingerprint density at radius 2 is 1.75 bits per heavy atom. The fourth-order valence-corrected chi connectivity index (χ4v) is 2.71. The van der Waals surface area contributed by atoms with Gasteiger partial charge in [-0.2, -0.15) is 0 Å². The second-order valence-electron chi connectivity index (χ2n) is 4.87. The van der Waals surface area contributed by atoms with E-state index in [2.05, 4.69) is 27.9 Å². The molecule has 0 aromatic carbocycles. The molecule has 1 heteroatoms. The predicted octanol–water partition coefficient (Wildman–Crippen LogP) is 2.66. The van der Waals surface area contributed by atoms with E-state index in [-0.39, 0.29) is 0 Å². The summed E-state index contributed by atoms with van der Waals surface area (Å²) in [7, 11) is 4.80. The molecule has 0 N–H and O–H groups in total. The van der Waals surface area contributed by atoms with Crippen molar-refractivity contribution in [2.24, 2.45) is 5.92 Å². The topological polar surface area (TPSA) is 0 Å². The molecule has 1 nitrogen and oxygen atoms in total. The third-order valence-corrected chi connectivity index (χ3v) is 3.67. The molecular formula is C11H24N+. The number of quaternary nitrogens is 1. The van der Waals surface area contributed by atoms with Crippen LogP contribution >= 0.6 is 0 Å². The van der Waals surface area contributed by atoms with Crippen LogP contribution in [0.15, 0.2) is 0 Å². The highest BCUT2D eigenvalue weighted by Gasteiger charge is 2.34. The summed E-state index contributed by atoms with van der Waals surface area (Å²) in [6, 6.07) is 0.924. The zero-order valence-electron chi connectivity index (χ0n) is 9.14. The summed E-state index contributed by atoms with van der Waals surface area (Å²) >= 11 is 0. The number of likely N-dealkylation sites (tertiary alicyclic amines) is 1. The van der Waals surface area contributed by atoms with Gasteiger partial charge in [0.2, 0.25) is 0 Å². The highest BCUT2D eigenvalue weighted by Crippen LogP contribution is 2.29. The minimum absolute atomic E-state index is 0.924. The van der Waals surface area contributed by atoms with E-state index >= 15 is 0 Å². The van der Waals surface area contributed by atoms with Gasteiger partial charge in [0, 0.05) is 5.92 Å². The van der Waals surface area contributed by atoms with Crippen molar-refractivity contribution >= 4 is 0 Å². The highest BCUT2D eigenvalue weighted by atomic mass is 15.3. The molecule has 0 saturated carbocycles. The van der Waals surface area contributed by atoms with Crippen molar-refractivity contribution in [3.63, 3.8) is 0 Å². The monoisotopic (exact) mass is 170 g/mol. The smallest absolute Gasteiger partial charge is 0.0883 e. The summed E-state index contributed by atoms with van der Waals surface area (Å²) in [5.74, 6) is 0.989. The number of hydrogen-bond donors (Lipinski definition) is 0. The molecule has 1 saturated heterocycles. The third-order valence-electron chi connectivity index (χ3n) is 3.67. The summed E-state index contributed by atoms with van der Waals surface area (Å²) in [5.41, 5.74) is 0. The fraction of sp³-hybridized carbons (Fsp3) is 1.00. The average molecular weight is 170 g/mol. The maximum Gasteiger partial charge on any atom is 0.0883 e. The van der Waals surface area contributed by atoms with Crippen LogP contribution in [0, 0.1) is 5.92 Å². The Balaban J connectivity index is 2.54. The van der Waals surface area contributed by atoms with Crippen LogP contribution in [0.1, 0.15) is 39.5 Å². The van der Waals surface area contributed by atoms with Gasteiger partial charge in [-0.25, -0.2) is 0 Å². The van der Waals surface area contributed by atoms with Crippen molar-refractivity contribution < 1.29 is 4.48 Å². The Morgan fingerprint density at radius 3 is 2.17 bits per heavy atom. The van der Waals surface area contributed by atoms with Gasteiger partial charge >= 0.3 is 0 Å². The van der Waals surface area contributed by atoms with E-state index in [9.17, 15) is 0 Å². The molecule has 1 rings (SSSR count). The molecule has 1 fully saturated rings. The normalized spacial score (nSPS) is 35.0. The molecule has 0 aliphatic carbocycles. The first-order chi connectivity index (χ1) is 5.60. The van der Waals surface area contributed by atoms with Crippen molar-refractivity contribution in [1.29, 1.82) is 0 Å². The van der Waals surface area contributed by atoms with Gasteiger partial charge in [0.25, 0.3) is 0 Å². The SMILES string of the molecule is CCC1CCC(CC)[N+](C)(C)C1. The van der Waals surface area contributed by atoms with Crippen LogP contribution in [-0.4, -0.2) is 31.2 Å². The molecule has 1 aliphatic rings. The molecule has 2 atom stereocenters. The van der Waals surface area contributed by atoms with Crippen molar-refractivity contribution in [2.75, 3.05) is 20.6 Å². The molecule has 1 aliphatic heterocycles. The minimum Gasteiger partial charge on any atom is -0.326 e. The van der Waals surface area contributed by atoms with E-state index in [4.69, 9.17) is 0 Å². The number of hydrogen-bond acceptors (Lipinski definition) is 0.